The van der Waals surface area contributed by atoms with Crippen molar-refractivity contribution in [1.29, 1.82) is 0 Å². The minimum absolute atomic E-state index is 0.169. The van der Waals surface area contributed by atoms with Crippen molar-refractivity contribution in [3.8, 4) is 0 Å². The van der Waals surface area contributed by atoms with E-state index in [4.69, 9.17) is 16.5 Å². The standard InChI is InChI=1S/C37H61N7O/c1-26(2)14-33-22-40-35(38)44(33)24-32-10-7-12-42(32)23-34(18-28-8-5-4-6-9-28)43(13-11-27(3)45)36(39)41-25-37-19-29-15-30(20-37)17-31(16-29)21-37/h4-6,8-9,26-27,29-34,45H,7,10-25H2,1-3H3,(H2,38,40)(H2,39,41)/t27-,29?,30?,31?,32-,33+,34+,37?/m0/s1. The van der Waals surface area contributed by atoms with Crippen molar-refractivity contribution in [3.05, 3.63) is 35.9 Å². The summed E-state index contributed by atoms with van der Waals surface area (Å²) in [6, 6.07) is 11.9. The fraction of sp³-hybridized carbons (Fsp3) is 0.784. The third kappa shape index (κ3) is 7.98. The molecule has 5 fully saturated rings. The molecular formula is C37H61N7O. The van der Waals surface area contributed by atoms with E-state index in [9.17, 15) is 5.11 Å². The van der Waals surface area contributed by atoms with Crippen LogP contribution in [0.2, 0.25) is 0 Å². The van der Waals surface area contributed by atoms with E-state index in [1.807, 2.05) is 6.92 Å². The van der Waals surface area contributed by atoms with Gasteiger partial charge < -0.3 is 26.4 Å². The zero-order chi connectivity index (χ0) is 31.6. The van der Waals surface area contributed by atoms with Crippen LogP contribution in [0.25, 0.3) is 0 Å². The van der Waals surface area contributed by atoms with Gasteiger partial charge in [-0.25, -0.2) is 0 Å². The van der Waals surface area contributed by atoms with Crippen molar-refractivity contribution in [2.45, 2.75) is 116 Å². The van der Waals surface area contributed by atoms with Gasteiger partial charge in [-0.2, -0.15) is 0 Å². The van der Waals surface area contributed by atoms with Crippen LogP contribution in [-0.4, -0.2) is 95.2 Å². The molecule has 1 saturated heterocycles. The summed E-state index contributed by atoms with van der Waals surface area (Å²) in [7, 11) is 0. The second-order valence-electron chi connectivity index (χ2n) is 16.2. The molecule has 6 aliphatic rings. The Morgan fingerprint density at radius 2 is 1.76 bits per heavy atom. The number of likely N-dealkylation sites (tertiary alicyclic amines) is 1. The maximum Gasteiger partial charge on any atom is 0.191 e. The Morgan fingerprint density at radius 1 is 1.07 bits per heavy atom. The van der Waals surface area contributed by atoms with E-state index in [0.717, 1.165) is 63.3 Å². The van der Waals surface area contributed by atoms with Gasteiger partial charge in [0, 0.05) is 38.3 Å². The van der Waals surface area contributed by atoms with Gasteiger partial charge in [-0.1, -0.05) is 44.2 Å². The van der Waals surface area contributed by atoms with Crippen LogP contribution in [0, 0.1) is 29.1 Å². The predicted molar refractivity (Wildman–Crippen MR) is 185 cm³/mol. The highest BCUT2D eigenvalue weighted by Gasteiger charge is 2.50. The Morgan fingerprint density at radius 3 is 2.40 bits per heavy atom. The Bertz CT molecular complexity index is 1130. The summed E-state index contributed by atoms with van der Waals surface area (Å²) in [5.74, 6) is 4.74. The SMILES string of the molecule is CC(C)C[C@@H]1CN=C(N)N1C[C@@H]1CCCN1C[C@@H](Cc1ccccc1)N(CC[C@H](C)O)C(N)=NCC12CC3CC(CC(C3)C1)C2. The Balaban J connectivity index is 1.21. The number of aliphatic hydroxyl groups excluding tert-OH is 1. The quantitative estimate of drug-likeness (QED) is 0.206. The second-order valence-corrected chi connectivity index (χ2v) is 16.2. The Labute approximate surface area is 272 Å². The third-order valence-corrected chi connectivity index (χ3v) is 11.9. The zero-order valence-corrected chi connectivity index (χ0v) is 28.4. The van der Waals surface area contributed by atoms with E-state index in [0.29, 0.717) is 48.3 Å². The molecule has 8 nitrogen and oxygen atoms in total. The Kier molecular flexibility index (Phi) is 10.3. The van der Waals surface area contributed by atoms with Crippen LogP contribution in [0.5, 0.6) is 0 Å². The van der Waals surface area contributed by atoms with Gasteiger partial charge in [-0.15, -0.1) is 0 Å². The first-order chi connectivity index (χ1) is 21.7. The molecule has 0 aromatic heterocycles. The van der Waals surface area contributed by atoms with Crippen LogP contribution in [0.4, 0.5) is 0 Å². The number of rotatable bonds is 14. The topological polar surface area (TPSA) is 107 Å². The molecule has 0 amide bonds. The van der Waals surface area contributed by atoms with Gasteiger partial charge in [0.2, 0.25) is 0 Å². The van der Waals surface area contributed by atoms with Crippen LogP contribution in [0.15, 0.2) is 40.3 Å². The van der Waals surface area contributed by atoms with E-state index in [-0.39, 0.29) is 12.1 Å². The summed E-state index contributed by atoms with van der Waals surface area (Å²) >= 11 is 0. The summed E-state index contributed by atoms with van der Waals surface area (Å²) in [4.78, 5) is 17.4. The lowest BCUT2D eigenvalue weighted by Gasteiger charge is -2.56. The van der Waals surface area contributed by atoms with Crippen molar-refractivity contribution in [2.75, 3.05) is 39.3 Å². The monoisotopic (exact) mass is 619 g/mol. The normalized spacial score (nSPS) is 32.8. The molecule has 2 aliphatic heterocycles. The first kappa shape index (κ1) is 32.6. The average molecular weight is 620 g/mol. The summed E-state index contributed by atoms with van der Waals surface area (Å²) in [6.45, 7) is 11.8. The molecule has 0 radical (unpaired) electrons. The molecule has 0 unspecified atom stereocenters. The Hall–Kier alpha value is -2.32. The van der Waals surface area contributed by atoms with Gasteiger partial charge >= 0.3 is 0 Å². The van der Waals surface area contributed by atoms with Crippen molar-refractivity contribution in [1.82, 2.24) is 14.7 Å². The van der Waals surface area contributed by atoms with Gasteiger partial charge in [-0.3, -0.25) is 14.9 Å². The predicted octanol–water partition coefficient (Wildman–Crippen LogP) is 4.71. The molecule has 8 heteroatoms. The van der Waals surface area contributed by atoms with Crippen LogP contribution < -0.4 is 11.5 Å². The van der Waals surface area contributed by atoms with Gasteiger partial charge in [0.25, 0.3) is 0 Å². The maximum atomic E-state index is 10.4. The highest BCUT2D eigenvalue weighted by Crippen LogP contribution is 2.60. The minimum Gasteiger partial charge on any atom is -0.393 e. The van der Waals surface area contributed by atoms with E-state index in [1.165, 1.54) is 56.9 Å². The number of hydrogen-bond acceptors (Lipinski definition) is 6. The second kappa shape index (κ2) is 14.2. The minimum atomic E-state index is -0.379. The number of aliphatic hydroxyl groups is 1. The fourth-order valence-electron chi connectivity index (χ4n) is 10.2. The number of nitrogens with two attached hydrogens (primary N) is 2. The van der Waals surface area contributed by atoms with Crippen molar-refractivity contribution >= 4 is 11.9 Å². The largest absolute Gasteiger partial charge is 0.393 e. The number of nitrogens with zero attached hydrogens (tertiary/aromatic N) is 5. The van der Waals surface area contributed by atoms with Crippen LogP contribution in [0.3, 0.4) is 0 Å². The zero-order valence-electron chi connectivity index (χ0n) is 28.4. The first-order valence-corrected chi connectivity index (χ1v) is 18.3. The van der Waals surface area contributed by atoms with E-state index in [2.05, 4.69) is 63.9 Å². The van der Waals surface area contributed by atoms with Crippen molar-refractivity contribution in [3.63, 3.8) is 0 Å². The third-order valence-electron chi connectivity index (χ3n) is 11.9. The molecule has 7 rings (SSSR count). The van der Waals surface area contributed by atoms with Crippen LogP contribution >= 0.6 is 0 Å². The number of benzene rings is 1. The lowest BCUT2D eigenvalue weighted by atomic mass is 9.49. The molecule has 2 heterocycles. The van der Waals surface area contributed by atoms with Gasteiger partial charge in [0.15, 0.2) is 11.9 Å². The van der Waals surface area contributed by atoms with E-state index < -0.39 is 0 Å². The lowest BCUT2D eigenvalue weighted by molar-refractivity contribution is -0.0466. The number of aliphatic imine (C=N–C) groups is 2. The molecule has 4 saturated carbocycles. The molecule has 250 valence electrons. The number of hydrogen-bond donors (Lipinski definition) is 3. The molecule has 1 aromatic carbocycles. The van der Waals surface area contributed by atoms with Crippen molar-refractivity contribution < 1.29 is 5.11 Å². The molecule has 5 N–H and O–H groups in total. The highest BCUT2D eigenvalue weighted by molar-refractivity contribution is 5.80. The van der Waals surface area contributed by atoms with E-state index in [1.54, 1.807) is 0 Å². The number of guanidine groups is 2. The molecule has 45 heavy (non-hydrogen) atoms. The summed E-state index contributed by atoms with van der Waals surface area (Å²) < 4.78 is 0. The van der Waals surface area contributed by atoms with Crippen LogP contribution in [0.1, 0.15) is 90.5 Å². The van der Waals surface area contributed by atoms with Gasteiger partial charge in [0.1, 0.15) is 0 Å². The maximum absolute atomic E-state index is 10.4. The van der Waals surface area contributed by atoms with Gasteiger partial charge in [-0.05, 0) is 119 Å². The molecule has 1 aromatic rings. The summed E-state index contributed by atoms with van der Waals surface area (Å²) in [5.41, 5.74) is 15.2. The van der Waals surface area contributed by atoms with Crippen LogP contribution in [-0.2, 0) is 6.42 Å². The molecule has 4 bridgehead atoms. The smallest absolute Gasteiger partial charge is 0.191 e. The highest BCUT2D eigenvalue weighted by atomic mass is 16.3. The van der Waals surface area contributed by atoms with E-state index >= 15 is 0 Å². The molecule has 4 atom stereocenters. The molecular weight excluding hydrogens is 558 g/mol. The van der Waals surface area contributed by atoms with Crippen molar-refractivity contribution in [2.24, 2.45) is 50.5 Å². The molecule has 4 aliphatic carbocycles. The average Bonchev–Trinajstić information content (AvgIpc) is 3.57. The summed E-state index contributed by atoms with van der Waals surface area (Å²) in [5, 5.41) is 10.4. The lowest BCUT2D eigenvalue weighted by Crippen LogP contribution is -2.54. The fourth-order valence-corrected chi connectivity index (χ4v) is 10.2. The summed E-state index contributed by atoms with van der Waals surface area (Å²) in [6.07, 6.45) is 13.1. The molecule has 0 spiro atoms. The first-order valence-electron chi connectivity index (χ1n) is 18.3. The van der Waals surface area contributed by atoms with Gasteiger partial charge in [0.05, 0.1) is 18.7 Å².